The SMILES string of the molecule is COc1ccc(/C=C(/C)CCl)c(F)c1. The lowest BCUT2D eigenvalue weighted by molar-refractivity contribution is 0.411. The van der Waals surface area contributed by atoms with Crippen LogP contribution in [0.25, 0.3) is 6.08 Å². The van der Waals surface area contributed by atoms with Gasteiger partial charge in [0.05, 0.1) is 7.11 Å². The Kier molecular flexibility index (Phi) is 3.96. The third-order valence-electron chi connectivity index (χ3n) is 1.82. The topological polar surface area (TPSA) is 9.23 Å². The first kappa shape index (κ1) is 11.1. The number of halogens is 2. The Morgan fingerprint density at radius 2 is 2.29 bits per heavy atom. The summed E-state index contributed by atoms with van der Waals surface area (Å²) >= 11 is 5.60. The number of ether oxygens (including phenoxy) is 1. The molecule has 0 amide bonds. The first-order valence-corrected chi connectivity index (χ1v) is 4.77. The fourth-order valence-corrected chi connectivity index (χ4v) is 1.13. The molecule has 0 saturated heterocycles. The lowest BCUT2D eigenvalue weighted by Gasteiger charge is -2.02. The third-order valence-corrected chi connectivity index (χ3v) is 2.24. The molecule has 0 aliphatic carbocycles. The molecule has 1 aromatic rings. The molecule has 0 bridgehead atoms. The molecule has 0 heterocycles. The van der Waals surface area contributed by atoms with Gasteiger partial charge >= 0.3 is 0 Å². The Bertz CT molecular complexity index is 347. The van der Waals surface area contributed by atoms with Crippen LogP contribution in [-0.2, 0) is 0 Å². The molecule has 0 spiro atoms. The fourth-order valence-electron chi connectivity index (χ4n) is 1.06. The van der Waals surface area contributed by atoms with Gasteiger partial charge in [-0.1, -0.05) is 11.6 Å². The summed E-state index contributed by atoms with van der Waals surface area (Å²) in [6.07, 6.45) is 1.72. The zero-order valence-electron chi connectivity index (χ0n) is 8.18. The minimum atomic E-state index is -0.297. The lowest BCUT2D eigenvalue weighted by atomic mass is 10.1. The second-order valence-electron chi connectivity index (χ2n) is 3.01. The lowest BCUT2D eigenvalue weighted by Crippen LogP contribution is -1.88. The zero-order valence-corrected chi connectivity index (χ0v) is 8.94. The Hall–Kier alpha value is -1.02. The summed E-state index contributed by atoms with van der Waals surface area (Å²) in [6.45, 7) is 1.86. The van der Waals surface area contributed by atoms with Gasteiger partial charge in [0.15, 0.2) is 0 Å². The molecule has 1 rings (SSSR count). The van der Waals surface area contributed by atoms with Gasteiger partial charge in [0, 0.05) is 17.5 Å². The highest BCUT2D eigenvalue weighted by molar-refractivity contribution is 6.19. The zero-order chi connectivity index (χ0) is 10.6. The summed E-state index contributed by atoms with van der Waals surface area (Å²) in [7, 11) is 1.51. The third kappa shape index (κ3) is 2.74. The van der Waals surface area contributed by atoms with Crippen molar-refractivity contribution in [3.8, 4) is 5.75 Å². The van der Waals surface area contributed by atoms with Crippen LogP contribution in [-0.4, -0.2) is 13.0 Å². The average molecular weight is 215 g/mol. The normalized spacial score (nSPS) is 11.6. The summed E-state index contributed by atoms with van der Waals surface area (Å²) in [4.78, 5) is 0. The van der Waals surface area contributed by atoms with Crippen LogP contribution in [0.15, 0.2) is 23.8 Å². The van der Waals surface area contributed by atoms with Crippen LogP contribution in [0.5, 0.6) is 5.75 Å². The van der Waals surface area contributed by atoms with Crippen molar-refractivity contribution in [3.05, 3.63) is 35.2 Å². The highest BCUT2D eigenvalue weighted by atomic mass is 35.5. The molecular formula is C11H12ClFO. The Morgan fingerprint density at radius 3 is 2.79 bits per heavy atom. The number of rotatable bonds is 3. The van der Waals surface area contributed by atoms with Gasteiger partial charge in [-0.15, -0.1) is 11.6 Å². The van der Waals surface area contributed by atoms with Crippen molar-refractivity contribution < 1.29 is 9.13 Å². The molecular weight excluding hydrogens is 203 g/mol. The molecule has 0 saturated carbocycles. The van der Waals surface area contributed by atoms with E-state index in [-0.39, 0.29) is 5.82 Å². The minimum Gasteiger partial charge on any atom is -0.497 e. The van der Waals surface area contributed by atoms with Crippen molar-refractivity contribution in [2.45, 2.75) is 6.92 Å². The van der Waals surface area contributed by atoms with E-state index in [9.17, 15) is 4.39 Å². The van der Waals surface area contributed by atoms with E-state index < -0.39 is 0 Å². The minimum absolute atomic E-state index is 0.297. The Balaban J connectivity index is 3.00. The first-order valence-electron chi connectivity index (χ1n) is 4.24. The molecule has 1 aromatic carbocycles. The van der Waals surface area contributed by atoms with Gasteiger partial charge in [-0.2, -0.15) is 0 Å². The van der Waals surface area contributed by atoms with E-state index in [1.54, 1.807) is 18.2 Å². The van der Waals surface area contributed by atoms with E-state index >= 15 is 0 Å². The predicted octanol–water partition coefficient (Wildman–Crippen LogP) is 3.48. The Morgan fingerprint density at radius 1 is 1.57 bits per heavy atom. The summed E-state index contributed by atoms with van der Waals surface area (Å²) in [5, 5.41) is 0. The van der Waals surface area contributed by atoms with E-state index in [1.165, 1.54) is 13.2 Å². The highest BCUT2D eigenvalue weighted by Gasteiger charge is 2.01. The number of allylic oxidation sites excluding steroid dienone is 1. The van der Waals surface area contributed by atoms with E-state index in [0.717, 1.165) is 5.57 Å². The van der Waals surface area contributed by atoms with Gasteiger partial charge in [-0.3, -0.25) is 0 Å². The van der Waals surface area contributed by atoms with Crippen LogP contribution >= 0.6 is 11.6 Å². The summed E-state index contributed by atoms with van der Waals surface area (Å²) < 4.78 is 18.3. The molecule has 14 heavy (non-hydrogen) atoms. The van der Waals surface area contributed by atoms with Crippen molar-refractivity contribution in [2.24, 2.45) is 0 Å². The molecule has 0 fully saturated rings. The van der Waals surface area contributed by atoms with Crippen LogP contribution in [0.3, 0.4) is 0 Å². The first-order chi connectivity index (χ1) is 6.67. The Labute approximate surface area is 88.1 Å². The molecule has 0 aliphatic heterocycles. The monoisotopic (exact) mass is 214 g/mol. The van der Waals surface area contributed by atoms with Crippen molar-refractivity contribution in [1.29, 1.82) is 0 Å². The smallest absolute Gasteiger partial charge is 0.134 e. The van der Waals surface area contributed by atoms with Crippen LogP contribution in [0.4, 0.5) is 4.39 Å². The van der Waals surface area contributed by atoms with Gasteiger partial charge in [-0.05, 0) is 19.1 Å². The maximum Gasteiger partial charge on any atom is 0.134 e. The molecule has 0 atom stereocenters. The highest BCUT2D eigenvalue weighted by Crippen LogP contribution is 2.18. The number of hydrogen-bond donors (Lipinski definition) is 0. The van der Waals surface area contributed by atoms with Crippen molar-refractivity contribution in [3.63, 3.8) is 0 Å². The maximum atomic E-state index is 13.4. The molecule has 0 aromatic heterocycles. The summed E-state index contributed by atoms with van der Waals surface area (Å²) in [5.41, 5.74) is 1.46. The number of benzene rings is 1. The second kappa shape index (κ2) is 5.01. The van der Waals surface area contributed by atoms with E-state index in [1.807, 2.05) is 6.92 Å². The number of hydrogen-bond acceptors (Lipinski definition) is 1. The van der Waals surface area contributed by atoms with Crippen LogP contribution in [0.2, 0.25) is 0 Å². The molecule has 0 aliphatic rings. The van der Waals surface area contributed by atoms with Gasteiger partial charge in [-0.25, -0.2) is 4.39 Å². The average Bonchev–Trinajstić information content (AvgIpc) is 2.20. The van der Waals surface area contributed by atoms with Gasteiger partial charge in [0.1, 0.15) is 11.6 Å². The van der Waals surface area contributed by atoms with Gasteiger partial charge in [0.25, 0.3) is 0 Å². The van der Waals surface area contributed by atoms with E-state index in [2.05, 4.69) is 0 Å². The van der Waals surface area contributed by atoms with Crippen LogP contribution < -0.4 is 4.74 Å². The largest absolute Gasteiger partial charge is 0.497 e. The molecule has 76 valence electrons. The second-order valence-corrected chi connectivity index (χ2v) is 3.28. The predicted molar refractivity (Wildman–Crippen MR) is 57.3 cm³/mol. The maximum absolute atomic E-state index is 13.4. The molecule has 0 unspecified atom stereocenters. The molecule has 0 radical (unpaired) electrons. The fraction of sp³-hybridized carbons (Fsp3) is 0.273. The molecule has 1 nitrogen and oxygen atoms in total. The van der Waals surface area contributed by atoms with Crippen molar-refractivity contribution in [1.82, 2.24) is 0 Å². The number of alkyl halides is 1. The summed E-state index contributed by atoms with van der Waals surface area (Å²) in [5.74, 6) is 0.628. The van der Waals surface area contributed by atoms with E-state index in [0.29, 0.717) is 17.2 Å². The van der Waals surface area contributed by atoms with Crippen LogP contribution in [0.1, 0.15) is 12.5 Å². The number of methoxy groups -OCH3 is 1. The summed E-state index contributed by atoms with van der Waals surface area (Å²) in [6, 6.07) is 4.74. The van der Waals surface area contributed by atoms with Crippen LogP contribution in [0, 0.1) is 5.82 Å². The van der Waals surface area contributed by atoms with Crippen molar-refractivity contribution >= 4 is 17.7 Å². The molecule has 3 heteroatoms. The van der Waals surface area contributed by atoms with Gasteiger partial charge < -0.3 is 4.74 Å². The van der Waals surface area contributed by atoms with Crippen molar-refractivity contribution in [2.75, 3.05) is 13.0 Å². The molecule has 0 N–H and O–H groups in total. The standard InChI is InChI=1S/C11H12ClFO/c1-8(7-12)5-9-3-4-10(14-2)6-11(9)13/h3-6H,7H2,1-2H3/b8-5-. The van der Waals surface area contributed by atoms with E-state index in [4.69, 9.17) is 16.3 Å². The van der Waals surface area contributed by atoms with Gasteiger partial charge in [0.2, 0.25) is 0 Å². The quantitative estimate of drug-likeness (QED) is 0.700.